The maximum atomic E-state index is 12.6. The van der Waals surface area contributed by atoms with Gasteiger partial charge in [0, 0.05) is 25.3 Å². The molecule has 0 saturated heterocycles. The molecule has 2 N–H and O–H groups in total. The van der Waals surface area contributed by atoms with Crippen LogP contribution in [0.25, 0.3) is 0 Å². The highest BCUT2D eigenvalue weighted by Crippen LogP contribution is 2.30. The van der Waals surface area contributed by atoms with Gasteiger partial charge in [0.2, 0.25) is 10.0 Å². The molecule has 23 heavy (non-hydrogen) atoms. The Morgan fingerprint density at radius 3 is 2.65 bits per heavy atom. The summed E-state index contributed by atoms with van der Waals surface area (Å²) in [5.41, 5.74) is 1.70. The van der Waals surface area contributed by atoms with E-state index in [9.17, 15) is 13.2 Å². The lowest BCUT2D eigenvalue weighted by Crippen LogP contribution is -2.37. The SMILES string of the molecule is CNC(=O)N1CCc2cc(S(=O)(=O)NC3CCCCC3)ccc21. The third-order valence-corrected chi connectivity index (χ3v) is 6.16. The summed E-state index contributed by atoms with van der Waals surface area (Å²) in [4.78, 5) is 13.7. The fraction of sp³-hybridized carbons (Fsp3) is 0.562. The van der Waals surface area contributed by atoms with Crippen molar-refractivity contribution < 1.29 is 13.2 Å². The molecule has 2 amide bonds. The number of hydrogen-bond acceptors (Lipinski definition) is 3. The van der Waals surface area contributed by atoms with Gasteiger partial charge in [-0.2, -0.15) is 0 Å². The zero-order valence-electron chi connectivity index (χ0n) is 13.3. The van der Waals surface area contributed by atoms with E-state index in [-0.39, 0.29) is 12.1 Å². The second kappa shape index (κ2) is 6.49. The zero-order chi connectivity index (χ0) is 16.4. The molecule has 7 heteroatoms. The van der Waals surface area contributed by atoms with Crippen LogP contribution in [0, 0.1) is 0 Å². The highest BCUT2D eigenvalue weighted by Gasteiger charge is 2.27. The molecule has 0 aromatic heterocycles. The van der Waals surface area contributed by atoms with Crippen molar-refractivity contribution in [3.63, 3.8) is 0 Å². The Kier molecular flexibility index (Phi) is 4.59. The summed E-state index contributed by atoms with van der Waals surface area (Å²) in [6.45, 7) is 0.578. The molecule has 1 fully saturated rings. The van der Waals surface area contributed by atoms with Crippen LogP contribution in [0.4, 0.5) is 10.5 Å². The van der Waals surface area contributed by atoms with Gasteiger partial charge in [0.05, 0.1) is 4.90 Å². The fourth-order valence-corrected chi connectivity index (χ4v) is 4.75. The Labute approximate surface area is 137 Å². The highest BCUT2D eigenvalue weighted by molar-refractivity contribution is 7.89. The molecule has 1 heterocycles. The van der Waals surface area contributed by atoms with Crippen LogP contribution >= 0.6 is 0 Å². The Hall–Kier alpha value is -1.60. The van der Waals surface area contributed by atoms with Gasteiger partial charge in [-0.3, -0.25) is 4.90 Å². The first kappa shape index (κ1) is 16.3. The van der Waals surface area contributed by atoms with E-state index >= 15 is 0 Å². The van der Waals surface area contributed by atoms with E-state index < -0.39 is 10.0 Å². The Balaban J connectivity index is 1.80. The molecule has 1 aromatic rings. The van der Waals surface area contributed by atoms with E-state index in [0.717, 1.165) is 36.9 Å². The summed E-state index contributed by atoms with van der Waals surface area (Å²) in [7, 11) is -1.90. The summed E-state index contributed by atoms with van der Waals surface area (Å²) in [5.74, 6) is 0. The van der Waals surface area contributed by atoms with E-state index in [4.69, 9.17) is 0 Å². The van der Waals surface area contributed by atoms with Crippen molar-refractivity contribution in [2.45, 2.75) is 49.5 Å². The van der Waals surface area contributed by atoms with Gasteiger partial charge in [-0.05, 0) is 43.0 Å². The van der Waals surface area contributed by atoms with E-state index in [1.54, 1.807) is 30.1 Å². The average molecular weight is 337 g/mol. The van der Waals surface area contributed by atoms with Gasteiger partial charge in [0.15, 0.2) is 0 Å². The van der Waals surface area contributed by atoms with Crippen LogP contribution in [-0.4, -0.2) is 34.1 Å². The van der Waals surface area contributed by atoms with Crippen molar-refractivity contribution >= 4 is 21.7 Å². The first-order valence-electron chi connectivity index (χ1n) is 8.16. The minimum Gasteiger partial charge on any atom is -0.341 e. The quantitative estimate of drug-likeness (QED) is 0.885. The van der Waals surface area contributed by atoms with Crippen molar-refractivity contribution in [1.82, 2.24) is 10.0 Å². The molecule has 1 aromatic carbocycles. The number of amides is 2. The van der Waals surface area contributed by atoms with Gasteiger partial charge in [-0.15, -0.1) is 0 Å². The third-order valence-electron chi connectivity index (χ3n) is 4.64. The number of benzene rings is 1. The van der Waals surface area contributed by atoms with Crippen LogP contribution in [0.3, 0.4) is 0 Å². The Morgan fingerprint density at radius 1 is 1.22 bits per heavy atom. The maximum absolute atomic E-state index is 12.6. The van der Waals surface area contributed by atoms with Crippen molar-refractivity contribution in [3.8, 4) is 0 Å². The molecule has 0 atom stereocenters. The summed E-state index contributed by atoms with van der Waals surface area (Å²) in [6, 6.07) is 4.89. The summed E-state index contributed by atoms with van der Waals surface area (Å²) < 4.78 is 28.0. The number of nitrogens with one attached hydrogen (secondary N) is 2. The number of anilines is 1. The highest BCUT2D eigenvalue weighted by atomic mass is 32.2. The average Bonchev–Trinajstić information content (AvgIpc) is 2.98. The molecule has 1 saturated carbocycles. The minimum atomic E-state index is -3.49. The number of sulfonamides is 1. The lowest BCUT2D eigenvalue weighted by atomic mass is 9.96. The largest absolute Gasteiger partial charge is 0.341 e. The molecule has 6 nitrogen and oxygen atoms in total. The van der Waals surface area contributed by atoms with Crippen molar-refractivity contribution in [2.75, 3.05) is 18.5 Å². The van der Waals surface area contributed by atoms with Crippen molar-refractivity contribution in [2.24, 2.45) is 0 Å². The fourth-order valence-electron chi connectivity index (χ4n) is 3.40. The van der Waals surface area contributed by atoms with Gasteiger partial charge < -0.3 is 5.32 Å². The predicted molar refractivity (Wildman–Crippen MR) is 89.1 cm³/mol. The predicted octanol–water partition coefficient (Wildman–Crippen LogP) is 2.00. The van der Waals surface area contributed by atoms with E-state index in [2.05, 4.69) is 10.0 Å². The summed E-state index contributed by atoms with van der Waals surface area (Å²) >= 11 is 0. The van der Waals surface area contributed by atoms with Gasteiger partial charge in [0.25, 0.3) is 0 Å². The number of nitrogens with zero attached hydrogens (tertiary/aromatic N) is 1. The molecule has 3 rings (SSSR count). The molecule has 0 unspecified atom stereocenters. The standard InChI is InChI=1S/C16H23N3O3S/c1-17-16(20)19-10-9-12-11-14(7-8-15(12)19)23(21,22)18-13-5-3-2-4-6-13/h7-8,11,13,18H,2-6,9-10H2,1H3,(H,17,20). The minimum absolute atomic E-state index is 0.0457. The molecular weight excluding hydrogens is 314 g/mol. The van der Waals surface area contributed by atoms with Gasteiger partial charge >= 0.3 is 6.03 Å². The molecule has 0 bridgehead atoms. The normalized spacial score (nSPS) is 18.7. The van der Waals surface area contributed by atoms with Crippen LogP contribution in [-0.2, 0) is 16.4 Å². The van der Waals surface area contributed by atoms with E-state index in [1.165, 1.54) is 6.42 Å². The molecule has 126 valence electrons. The number of fused-ring (bicyclic) bond motifs is 1. The molecule has 0 radical (unpaired) electrons. The molecular formula is C16H23N3O3S. The van der Waals surface area contributed by atoms with Crippen LogP contribution in [0.2, 0.25) is 0 Å². The van der Waals surface area contributed by atoms with E-state index in [1.807, 2.05) is 0 Å². The second-order valence-corrected chi connectivity index (χ2v) is 7.92. The lowest BCUT2D eigenvalue weighted by Gasteiger charge is -2.23. The van der Waals surface area contributed by atoms with Gasteiger partial charge in [0.1, 0.15) is 0 Å². The molecule has 0 spiro atoms. The summed E-state index contributed by atoms with van der Waals surface area (Å²) in [6.07, 6.45) is 5.85. The zero-order valence-corrected chi connectivity index (χ0v) is 14.2. The van der Waals surface area contributed by atoms with Gasteiger partial charge in [-0.1, -0.05) is 19.3 Å². The topological polar surface area (TPSA) is 78.5 Å². The second-order valence-electron chi connectivity index (χ2n) is 6.20. The third kappa shape index (κ3) is 3.35. The van der Waals surface area contributed by atoms with Crippen molar-refractivity contribution in [1.29, 1.82) is 0 Å². The lowest BCUT2D eigenvalue weighted by molar-refractivity contribution is 0.248. The smallest absolute Gasteiger partial charge is 0.321 e. The number of carbonyl (C=O) groups is 1. The molecule has 1 aliphatic carbocycles. The maximum Gasteiger partial charge on any atom is 0.321 e. The summed E-state index contributed by atoms with van der Waals surface area (Å²) in [5, 5.41) is 2.60. The van der Waals surface area contributed by atoms with Crippen LogP contribution < -0.4 is 14.9 Å². The van der Waals surface area contributed by atoms with Gasteiger partial charge in [-0.25, -0.2) is 17.9 Å². The monoisotopic (exact) mass is 337 g/mol. The number of rotatable bonds is 3. The Morgan fingerprint density at radius 2 is 1.96 bits per heavy atom. The van der Waals surface area contributed by atoms with Crippen LogP contribution in [0.5, 0.6) is 0 Å². The molecule has 2 aliphatic rings. The van der Waals surface area contributed by atoms with E-state index in [0.29, 0.717) is 17.9 Å². The first-order chi connectivity index (χ1) is 11.0. The number of carbonyl (C=O) groups excluding carboxylic acids is 1. The molecule has 1 aliphatic heterocycles. The van der Waals surface area contributed by atoms with Crippen LogP contribution in [0.1, 0.15) is 37.7 Å². The number of hydrogen-bond donors (Lipinski definition) is 2. The first-order valence-corrected chi connectivity index (χ1v) is 9.64. The van der Waals surface area contributed by atoms with Crippen molar-refractivity contribution in [3.05, 3.63) is 23.8 Å². The van der Waals surface area contributed by atoms with Crippen LogP contribution in [0.15, 0.2) is 23.1 Å². The number of urea groups is 1. The Bertz CT molecular complexity index is 697.